The zero-order chi connectivity index (χ0) is 31.2. The molecule has 12 nitrogen and oxygen atoms in total. The fraction of sp³-hybridized carbons (Fsp3) is 0.290. The van der Waals surface area contributed by atoms with Crippen LogP contribution in [0, 0.1) is 6.92 Å². The van der Waals surface area contributed by atoms with E-state index in [1.54, 1.807) is 19.1 Å². The molecule has 1 saturated heterocycles. The van der Waals surface area contributed by atoms with Crippen molar-refractivity contribution < 1.29 is 43.2 Å². The number of hydrogen-bond donors (Lipinski definition) is 3. The van der Waals surface area contributed by atoms with Crippen LogP contribution < -0.4 is 15.0 Å². The maximum Gasteiger partial charge on any atom is 0.412 e. The molecule has 1 aliphatic rings. The Bertz CT molecular complexity index is 1630. The van der Waals surface area contributed by atoms with Gasteiger partial charge in [0.25, 0.3) is 5.91 Å². The molecule has 1 aliphatic heterocycles. The van der Waals surface area contributed by atoms with Crippen molar-refractivity contribution in [2.45, 2.75) is 32.0 Å². The summed E-state index contributed by atoms with van der Waals surface area (Å²) in [5.41, 5.74) is 1.41. The van der Waals surface area contributed by atoms with Gasteiger partial charge in [-0.05, 0) is 49.6 Å². The molecule has 1 unspecified atom stereocenters. The highest BCUT2D eigenvalue weighted by Gasteiger charge is 2.34. The van der Waals surface area contributed by atoms with E-state index in [2.05, 4.69) is 10.3 Å². The minimum atomic E-state index is -1.30. The van der Waals surface area contributed by atoms with Crippen LogP contribution in [0.1, 0.15) is 50.8 Å². The second-order valence-electron chi connectivity index (χ2n) is 9.99. The highest BCUT2D eigenvalue weighted by molar-refractivity contribution is 7.20. The number of aromatic carboxylic acids is 1. The lowest BCUT2D eigenvalue weighted by molar-refractivity contribution is -0.0672. The van der Waals surface area contributed by atoms with Crippen LogP contribution in [0.25, 0.3) is 10.8 Å². The van der Waals surface area contributed by atoms with Crippen molar-refractivity contribution in [2.24, 2.45) is 0 Å². The molecular weight excluding hydrogens is 590 g/mol. The first-order chi connectivity index (χ1) is 21.3. The number of nitrogens with one attached hydrogen (secondary N) is 1. The molecule has 2 aromatic carbocycles. The second kappa shape index (κ2) is 13.7. The summed E-state index contributed by atoms with van der Waals surface area (Å²) >= 11 is 1.05. The number of carboxylic acid groups (broad SMARTS) is 2. The number of ether oxygens (including phenoxy) is 3. The van der Waals surface area contributed by atoms with Crippen molar-refractivity contribution in [1.82, 2.24) is 4.98 Å². The van der Waals surface area contributed by atoms with Crippen molar-refractivity contribution in [2.75, 3.05) is 37.1 Å². The number of amides is 2. The van der Waals surface area contributed by atoms with E-state index in [1.807, 2.05) is 18.2 Å². The molecule has 3 heterocycles. The van der Waals surface area contributed by atoms with Crippen LogP contribution in [0.15, 0.2) is 65.4 Å². The number of hydrogen-bond acceptors (Lipinski definition) is 9. The molecular formula is C31H31N3O9S. The van der Waals surface area contributed by atoms with Gasteiger partial charge in [0.1, 0.15) is 23.1 Å². The lowest BCUT2D eigenvalue weighted by atomic mass is 10.1. The quantitative estimate of drug-likeness (QED) is 0.179. The summed E-state index contributed by atoms with van der Waals surface area (Å²) in [5, 5.41) is 22.8. The number of para-hydroxylation sites is 1. The van der Waals surface area contributed by atoms with Gasteiger partial charge in [0.2, 0.25) is 5.89 Å². The Balaban J connectivity index is 1.57. The maximum atomic E-state index is 13.8. The third kappa shape index (κ3) is 6.75. The standard InChI is InChI=1S/C31H31N3O9S/c1-18-25(27(35)33-20-7-5-6-19(16-20)30(36)37)29(44-26(18)28-32-12-15-42-28)34(31(38)39)17-24(43-21-10-13-41-14-11-21)22-8-3-4-9-23(22)40-2/h3-9,12,15-16,21,24H,10-11,13-14,17H2,1-2H3,(H,33,35)(H,36,37)(H,38,39). The van der Waals surface area contributed by atoms with Gasteiger partial charge in [-0.25, -0.2) is 14.6 Å². The molecule has 1 fully saturated rings. The van der Waals surface area contributed by atoms with Crippen molar-refractivity contribution in [3.8, 4) is 16.5 Å². The van der Waals surface area contributed by atoms with Crippen molar-refractivity contribution >= 4 is 40.0 Å². The highest BCUT2D eigenvalue weighted by atomic mass is 32.1. The average Bonchev–Trinajstić information content (AvgIpc) is 3.67. The van der Waals surface area contributed by atoms with Gasteiger partial charge in [-0.2, -0.15) is 0 Å². The van der Waals surface area contributed by atoms with E-state index < -0.39 is 24.1 Å². The topological polar surface area (TPSA) is 161 Å². The van der Waals surface area contributed by atoms with Gasteiger partial charge in [0.15, 0.2) is 0 Å². The van der Waals surface area contributed by atoms with Gasteiger partial charge in [0, 0.05) is 24.5 Å². The molecule has 2 aromatic heterocycles. The number of carboxylic acids is 1. The van der Waals surface area contributed by atoms with Gasteiger partial charge in [-0.1, -0.05) is 24.3 Å². The van der Waals surface area contributed by atoms with E-state index in [0.717, 1.165) is 16.2 Å². The number of thiophene rings is 1. The molecule has 2 amide bonds. The Morgan fingerprint density at radius 3 is 2.59 bits per heavy atom. The summed E-state index contributed by atoms with van der Waals surface area (Å²) in [4.78, 5) is 44.1. The van der Waals surface area contributed by atoms with E-state index >= 15 is 0 Å². The Hall–Kier alpha value is -4.72. The largest absolute Gasteiger partial charge is 0.496 e. The normalized spacial score (nSPS) is 14.1. The summed E-state index contributed by atoms with van der Waals surface area (Å²) < 4.78 is 23.1. The molecule has 0 saturated carbocycles. The maximum absolute atomic E-state index is 13.8. The van der Waals surface area contributed by atoms with Gasteiger partial charge in [-0.3, -0.25) is 9.69 Å². The van der Waals surface area contributed by atoms with Crippen molar-refractivity contribution in [3.05, 3.63) is 83.2 Å². The van der Waals surface area contributed by atoms with E-state index in [9.17, 15) is 24.6 Å². The Morgan fingerprint density at radius 1 is 1.14 bits per heavy atom. The van der Waals surface area contributed by atoms with Crippen LogP contribution in [0.2, 0.25) is 0 Å². The monoisotopic (exact) mass is 621 g/mol. The molecule has 0 aliphatic carbocycles. The van der Waals surface area contributed by atoms with Crippen LogP contribution in [0.3, 0.4) is 0 Å². The zero-order valence-electron chi connectivity index (χ0n) is 24.0. The first kappa shape index (κ1) is 30.7. The van der Waals surface area contributed by atoms with E-state index in [1.165, 1.54) is 37.8 Å². The summed E-state index contributed by atoms with van der Waals surface area (Å²) in [6.07, 6.45) is 1.91. The number of anilines is 2. The van der Waals surface area contributed by atoms with E-state index in [4.69, 9.17) is 18.6 Å². The third-order valence-electron chi connectivity index (χ3n) is 7.18. The van der Waals surface area contributed by atoms with Gasteiger partial charge in [0.05, 0.1) is 42.0 Å². The minimum Gasteiger partial charge on any atom is -0.496 e. The molecule has 230 valence electrons. The van der Waals surface area contributed by atoms with Crippen molar-refractivity contribution in [3.63, 3.8) is 0 Å². The number of aromatic nitrogens is 1. The van der Waals surface area contributed by atoms with Crippen molar-refractivity contribution in [1.29, 1.82) is 0 Å². The van der Waals surface area contributed by atoms with Gasteiger partial charge in [-0.15, -0.1) is 11.3 Å². The molecule has 0 spiro atoms. The third-order valence-corrected chi connectivity index (χ3v) is 8.49. The fourth-order valence-corrected chi connectivity index (χ4v) is 6.27. The number of nitrogens with zero attached hydrogens (tertiary/aromatic N) is 2. The summed E-state index contributed by atoms with van der Waals surface area (Å²) in [5.74, 6) is -1.01. The lowest BCUT2D eigenvalue weighted by Gasteiger charge is -2.31. The molecule has 4 aromatic rings. The number of rotatable bonds is 11. The SMILES string of the molecule is COc1ccccc1C(CN(C(=O)O)c1sc(-c2ncco2)c(C)c1C(=O)Nc1cccc(C(=O)O)c1)OC1CCOCC1. The number of benzene rings is 2. The number of carbonyl (C=O) groups is 3. The Kier molecular flexibility index (Phi) is 9.58. The zero-order valence-corrected chi connectivity index (χ0v) is 24.8. The van der Waals surface area contributed by atoms with Gasteiger partial charge >= 0.3 is 12.1 Å². The Labute approximate surface area is 256 Å². The van der Waals surface area contributed by atoms with Crippen LogP contribution in [0.4, 0.5) is 15.5 Å². The van der Waals surface area contributed by atoms with Crippen LogP contribution >= 0.6 is 11.3 Å². The first-order valence-corrected chi connectivity index (χ1v) is 14.6. The molecule has 0 bridgehead atoms. The summed E-state index contributed by atoms with van der Waals surface area (Å²) in [7, 11) is 1.53. The molecule has 1 atom stereocenters. The molecule has 3 N–H and O–H groups in total. The Morgan fingerprint density at radius 2 is 1.91 bits per heavy atom. The summed E-state index contributed by atoms with van der Waals surface area (Å²) in [6, 6.07) is 13.0. The number of oxazole rings is 1. The van der Waals surface area contributed by atoms with E-state index in [0.29, 0.717) is 47.8 Å². The van der Waals surface area contributed by atoms with E-state index in [-0.39, 0.29) is 40.4 Å². The number of methoxy groups -OCH3 is 1. The smallest absolute Gasteiger partial charge is 0.412 e. The summed E-state index contributed by atoms with van der Waals surface area (Å²) in [6.45, 7) is 2.58. The first-order valence-electron chi connectivity index (χ1n) is 13.8. The molecule has 44 heavy (non-hydrogen) atoms. The van der Waals surface area contributed by atoms with Crippen LogP contribution in [0.5, 0.6) is 5.75 Å². The lowest BCUT2D eigenvalue weighted by Crippen LogP contribution is -2.37. The highest BCUT2D eigenvalue weighted by Crippen LogP contribution is 2.43. The van der Waals surface area contributed by atoms with Gasteiger partial charge < -0.3 is 34.2 Å². The van der Waals surface area contributed by atoms with Crippen LogP contribution in [-0.4, -0.2) is 66.1 Å². The molecule has 0 radical (unpaired) electrons. The average molecular weight is 622 g/mol. The second-order valence-corrected chi connectivity index (χ2v) is 11.0. The predicted octanol–water partition coefficient (Wildman–Crippen LogP) is 6.09. The number of carbonyl (C=O) groups excluding carboxylic acids is 1. The van der Waals surface area contributed by atoms with Crippen LogP contribution in [-0.2, 0) is 9.47 Å². The fourth-order valence-electron chi connectivity index (χ4n) is 5.02. The molecule has 13 heteroatoms. The minimum absolute atomic E-state index is 0.0115. The molecule has 5 rings (SSSR count). The predicted molar refractivity (Wildman–Crippen MR) is 162 cm³/mol.